The van der Waals surface area contributed by atoms with E-state index in [2.05, 4.69) is 52.1 Å². The van der Waals surface area contributed by atoms with Crippen LogP contribution in [0.25, 0.3) is 0 Å². The molecule has 0 bridgehead atoms. The summed E-state index contributed by atoms with van der Waals surface area (Å²) in [6.07, 6.45) is 2.27. The van der Waals surface area contributed by atoms with Gasteiger partial charge in [0.15, 0.2) is 0 Å². The number of rotatable bonds is 6. The Hall–Kier alpha value is -1.18. The third-order valence-corrected chi connectivity index (χ3v) is 2.99. The molecule has 2 heteroatoms. The number of anilines is 2. The highest BCUT2D eigenvalue weighted by atomic mass is 14.9. The fourth-order valence-electron chi connectivity index (χ4n) is 2.38. The van der Waals surface area contributed by atoms with E-state index >= 15 is 0 Å². The van der Waals surface area contributed by atoms with E-state index in [0.29, 0.717) is 17.9 Å². The lowest BCUT2D eigenvalue weighted by molar-refractivity contribution is 0.539. The van der Waals surface area contributed by atoms with Crippen LogP contribution >= 0.6 is 0 Å². The van der Waals surface area contributed by atoms with Crippen LogP contribution in [0.2, 0.25) is 0 Å². The largest absolute Gasteiger partial charge is 0.399 e. The summed E-state index contributed by atoms with van der Waals surface area (Å²) >= 11 is 0. The standard InChI is InChI=1S/C16H28N2/c1-11(2)8-13(5)18-16-10-15(17)7-6-14(16)9-12(3)4/h6-7,10-13,18H,8-9,17H2,1-5H3. The van der Waals surface area contributed by atoms with Crippen LogP contribution in [0.3, 0.4) is 0 Å². The van der Waals surface area contributed by atoms with Crippen molar-refractivity contribution in [3.8, 4) is 0 Å². The van der Waals surface area contributed by atoms with Crippen molar-refractivity contribution in [2.75, 3.05) is 11.1 Å². The third kappa shape index (κ3) is 4.99. The fraction of sp³-hybridized carbons (Fsp3) is 0.625. The van der Waals surface area contributed by atoms with Crippen LogP contribution in [0.5, 0.6) is 0 Å². The predicted molar refractivity (Wildman–Crippen MR) is 81.9 cm³/mol. The van der Waals surface area contributed by atoms with Gasteiger partial charge < -0.3 is 11.1 Å². The molecule has 0 fully saturated rings. The Morgan fingerprint density at radius 3 is 2.28 bits per heavy atom. The monoisotopic (exact) mass is 248 g/mol. The summed E-state index contributed by atoms with van der Waals surface area (Å²) in [5.41, 5.74) is 9.31. The quantitative estimate of drug-likeness (QED) is 0.736. The normalized spacial score (nSPS) is 13.1. The number of hydrogen-bond acceptors (Lipinski definition) is 2. The van der Waals surface area contributed by atoms with Crippen molar-refractivity contribution in [1.82, 2.24) is 0 Å². The van der Waals surface area contributed by atoms with Gasteiger partial charge in [-0.1, -0.05) is 33.8 Å². The molecule has 0 aliphatic rings. The van der Waals surface area contributed by atoms with E-state index in [1.807, 2.05) is 6.07 Å². The van der Waals surface area contributed by atoms with Crippen LogP contribution in [0.1, 0.15) is 46.6 Å². The highest BCUT2D eigenvalue weighted by Crippen LogP contribution is 2.24. The van der Waals surface area contributed by atoms with Crippen LogP contribution in [-0.2, 0) is 6.42 Å². The lowest BCUT2D eigenvalue weighted by Gasteiger charge is -2.21. The van der Waals surface area contributed by atoms with Crippen LogP contribution in [0.15, 0.2) is 18.2 Å². The fourth-order valence-corrected chi connectivity index (χ4v) is 2.38. The van der Waals surface area contributed by atoms with Gasteiger partial charge in [-0.15, -0.1) is 0 Å². The smallest absolute Gasteiger partial charge is 0.0395 e. The highest BCUT2D eigenvalue weighted by Gasteiger charge is 2.09. The van der Waals surface area contributed by atoms with Gasteiger partial charge in [0.25, 0.3) is 0 Å². The molecular formula is C16H28N2. The van der Waals surface area contributed by atoms with Crippen molar-refractivity contribution in [1.29, 1.82) is 0 Å². The van der Waals surface area contributed by atoms with Crippen molar-refractivity contribution in [3.63, 3.8) is 0 Å². The molecule has 1 rings (SSSR count). The molecule has 1 unspecified atom stereocenters. The van der Waals surface area contributed by atoms with Gasteiger partial charge in [0, 0.05) is 17.4 Å². The molecule has 3 N–H and O–H groups in total. The Morgan fingerprint density at radius 2 is 1.72 bits per heavy atom. The van der Waals surface area contributed by atoms with E-state index in [4.69, 9.17) is 5.73 Å². The molecule has 2 nitrogen and oxygen atoms in total. The first-order chi connectivity index (χ1) is 8.38. The lowest BCUT2D eigenvalue weighted by Crippen LogP contribution is -2.18. The van der Waals surface area contributed by atoms with Crippen molar-refractivity contribution in [2.24, 2.45) is 11.8 Å². The zero-order valence-electron chi connectivity index (χ0n) is 12.5. The third-order valence-electron chi connectivity index (χ3n) is 2.99. The SMILES string of the molecule is CC(C)Cc1ccc(N)cc1NC(C)CC(C)C. The Bertz CT molecular complexity index is 369. The summed E-state index contributed by atoms with van der Waals surface area (Å²) in [4.78, 5) is 0. The zero-order valence-corrected chi connectivity index (χ0v) is 12.5. The van der Waals surface area contributed by atoms with Crippen molar-refractivity contribution < 1.29 is 0 Å². The summed E-state index contributed by atoms with van der Waals surface area (Å²) in [5.74, 6) is 1.37. The maximum atomic E-state index is 5.90. The second-order valence-corrected chi connectivity index (χ2v) is 6.19. The average molecular weight is 248 g/mol. The van der Waals surface area contributed by atoms with Gasteiger partial charge in [0.05, 0.1) is 0 Å². The molecule has 0 radical (unpaired) electrons. The van der Waals surface area contributed by atoms with Crippen LogP contribution in [0.4, 0.5) is 11.4 Å². The molecule has 0 spiro atoms. The first kappa shape index (κ1) is 14.9. The van der Waals surface area contributed by atoms with E-state index in [-0.39, 0.29) is 0 Å². The topological polar surface area (TPSA) is 38.0 Å². The summed E-state index contributed by atoms with van der Waals surface area (Å²) in [6.45, 7) is 11.2. The molecule has 102 valence electrons. The van der Waals surface area contributed by atoms with Gasteiger partial charge in [-0.3, -0.25) is 0 Å². The first-order valence-corrected chi connectivity index (χ1v) is 7.03. The Morgan fingerprint density at radius 1 is 1.06 bits per heavy atom. The van der Waals surface area contributed by atoms with E-state index in [9.17, 15) is 0 Å². The molecule has 0 amide bonds. The van der Waals surface area contributed by atoms with Gasteiger partial charge >= 0.3 is 0 Å². The zero-order chi connectivity index (χ0) is 13.7. The molecular weight excluding hydrogens is 220 g/mol. The van der Waals surface area contributed by atoms with Gasteiger partial charge in [-0.2, -0.15) is 0 Å². The molecule has 1 atom stereocenters. The molecule has 1 aromatic carbocycles. The molecule has 0 aromatic heterocycles. The predicted octanol–water partition coefficient (Wildman–Crippen LogP) is 4.31. The van der Waals surface area contributed by atoms with Crippen molar-refractivity contribution in [3.05, 3.63) is 23.8 Å². The molecule has 0 aliphatic carbocycles. The highest BCUT2D eigenvalue weighted by molar-refractivity contribution is 5.60. The summed E-state index contributed by atoms with van der Waals surface area (Å²) < 4.78 is 0. The summed E-state index contributed by atoms with van der Waals surface area (Å²) in [5, 5.41) is 3.61. The van der Waals surface area contributed by atoms with E-state index < -0.39 is 0 Å². The Kier molecular flexibility index (Phi) is 5.52. The second kappa shape index (κ2) is 6.67. The van der Waals surface area contributed by atoms with Gasteiger partial charge in [-0.25, -0.2) is 0 Å². The van der Waals surface area contributed by atoms with Crippen LogP contribution in [0, 0.1) is 11.8 Å². The number of nitrogens with two attached hydrogens (primary N) is 1. The van der Waals surface area contributed by atoms with Crippen molar-refractivity contribution in [2.45, 2.75) is 53.5 Å². The average Bonchev–Trinajstić information content (AvgIpc) is 2.20. The second-order valence-electron chi connectivity index (χ2n) is 6.19. The molecule has 1 aromatic rings. The number of nitrogen functional groups attached to an aromatic ring is 1. The van der Waals surface area contributed by atoms with E-state index in [1.54, 1.807) is 0 Å². The molecule has 0 aliphatic heterocycles. The minimum absolute atomic E-state index is 0.484. The summed E-state index contributed by atoms with van der Waals surface area (Å²) in [7, 11) is 0. The van der Waals surface area contributed by atoms with Crippen molar-refractivity contribution >= 4 is 11.4 Å². The van der Waals surface area contributed by atoms with Crippen LogP contribution in [-0.4, -0.2) is 6.04 Å². The minimum atomic E-state index is 0.484. The first-order valence-electron chi connectivity index (χ1n) is 7.03. The molecule has 0 saturated carbocycles. The number of benzene rings is 1. The maximum absolute atomic E-state index is 5.90. The minimum Gasteiger partial charge on any atom is -0.399 e. The number of hydrogen-bond donors (Lipinski definition) is 2. The number of nitrogens with one attached hydrogen (secondary N) is 1. The van der Waals surface area contributed by atoms with E-state index in [1.165, 1.54) is 17.7 Å². The maximum Gasteiger partial charge on any atom is 0.0395 e. The molecule has 18 heavy (non-hydrogen) atoms. The Labute approximate surface area is 112 Å². The van der Waals surface area contributed by atoms with Gasteiger partial charge in [-0.05, 0) is 49.3 Å². The molecule has 0 saturated heterocycles. The Balaban J connectivity index is 2.81. The van der Waals surface area contributed by atoms with Gasteiger partial charge in [0.1, 0.15) is 0 Å². The lowest BCUT2D eigenvalue weighted by atomic mass is 9.99. The van der Waals surface area contributed by atoms with Gasteiger partial charge in [0.2, 0.25) is 0 Å². The molecule has 0 heterocycles. The summed E-state index contributed by atoms with van der Waals surface area (Å²) in [6, 6.07) is 6.70. The van der Waals surface area contributed by atoms with E-state index in [0.717, 1.165) is 12.1 Å². The van der Waals surface area contributed by atoms with Crippen LogP contribution < -0.4 is 11.1 Å².